The van der Waals surface area contributed by atoms with Crippen LogP contribution in [0.5, 0.6) is 0 Å². The van der Waals surface area contributed by atoms with Gasteiger partial charge in [-0.05, 0) is 79.5 Å². The summed E-state index contributed by atoms with van der Waals surface area (Å²) in [6, 6.07) is 32.0. The fraction of sp³-hybridized carbons (Fsp3) is 0.120. The maximum Gasteiger partial charge on any atom is 0.190 e. The molecule has 0 aliphatic heterocycles. The van der Waals surface area contributed by atoms with E-state index in [1.165, 1.54) is 0 Å². The second-order valence-corrected chi connectivity index (χ2v) is 16.6. The first-order valence-electron chi connectivity index (χ1n) is 19.3. The van der Waals surface area contributed by atoms with E-state index in [0.717, 1.165) is 97.8 Å². The van der Waals surface area contributed by atoms with Gasteiger partial charge in [-0.25, -0.2) is 0 Å². The van der Waals surface area contributed by atoms with Crippen molar-refractivity contribution >= 4 is 119 Å². The summed E-state index contributed by atoms with van der Waals surface area (Å²) in [4.78, 5) is 55.8. The maximum atomic E-state index is 13.9. The van der Waals surface area contributed by atoms with Gasteiger partial charge in [-0.3, -0.25) is 19.2 Å². The number of fused-ring (bicyclic) bond motifs is 6. The van der Waals surface area contributed by atoms with E-state index < -0.39 is 0 Å². The van der Waals surface area contributed by atoms with Crippen molar-refractivity contribution in [3.63, 3.8) is 0 Å². The molecule has 6 heterocycles. The molecule has 6 heteroatoms. The van der Waals surface area contributed by atoms with Crippen molar-refractivity contribution in [2.24, 2.45) is 0 Å². The Hall–Kier alpha value is -6.92. The van der Waals surface area contributed by atoms with Gasteiger partial charge in [0.05, 0.1) is 33.1 Å². The van der Waals surface area contributed by atoms with Crippen LogP contribution >= 0.6 is 0 Å². The lowest BCUT2D eigenvalue weighted by atomic mass is 9.84. The van der Waals surface area contributed by atoms with E-state index in [4.69, 9.17) is 0 Å². The van der Waals surface area contributed by atoms with Crippen LogP contribution < -0.4 is 21.7 Å². The lowest BCUT2D eigenvalue weighted by Gasteiger charge is -2.23. The average molecular weight is 723 g/mol. The molecule has 264 valence electrons. The van der Waals surface area contributed by atoms with Crippen molar-refractivity contribution in [3.05, 3.63) is 149 Å². The van der Waals surface area contributed by atoms with Crippen LogP contribution in [-0.4, -0.2) is 8.80 Å². The molecule has 0 spiro atoms. The number of rotatable bonds is 2. The Bertz CT molecular complexity index is 3680. The van der Waals surface area contributed by atoms with Gasteiger partial charge in [-0.15, -0.1) is 0 Å². The zero-order valence-electron chi connectivity index (χ0n) is 30.9. The summed E-state index contributed by atoms with van der Waals surface area (Å²) in [5.74, 6) is 0.343. The third-order valence-electron chi connectivity index (χ3n) is 13.1. The highest BCUT2D eigenvalue weighted by Gasteiger charge is 2.25. The number of hydrogen-bond donors (Lipinski definition) is 0. The summed E-state index contributed by atoms with van der Waals surface area (Å²) in [5.41, 5.74) is 6.10. The molecule has 0 atom stereocenters. The normalized spacial score (nSPS) is 13.2. The van der Waals surface area contributed by atoms with E-state index in [2.05, 4.69) is 85.0 Å². The zero-order chi connectivity index (χ0) is 37.8. The Morgan fingerprint density at radius 1 is 0.321 bits per heavy atom. The third kappa shape index (κ3) is 3.34. The molecule has 6 aromatic heterocycles. The van der Waals surface area contributed by atoms with E-state index >= 15 is 0 Å². The maximum absolute atomic E-state index is 13.9. The van der Waals surface area contributed by atoms with Crippen LogP contribution in [-0.2, 0) is 0 Å². The Labute approximate surface area is 315 Å². The molecule has 0 fully saturated rings. The first kappa shape index (κ1) is 30.4. The van der Waals surface area contributed by atoms with Crippen LogP contribution in [0, 0.1) is 0 Å². The third-order valence-corrected chi connectivity index (χ3v) is 13.1. The molecule has 7 aromatic carbocycles. The molecule has 0 unspecified atom stereocenters. The molecule has 0 saturated heterocycles. The van der Waals surface area contributed by atoms with Gasteiger partial charge in [0.1, 0.15) is 0 Å². The molecule has 13 aromatic rings. The van der Waals surface area contributed by atoms with Gasteiger partial charge in [-0.1, -0.05) is 76.2 Å². The molecule has 0 amide bonds. The van der Waals surface area contributed by atoms with E-state index in [1.54, 1.807) is 24.3 Å². The summed E-state index contributed by atoms with van der Waals surface area (Å²) in [7, 11) is 0. The van der Waals surface area contributed by atoms with Gasteiger partial charge < -0.3 is 8.80 Å². The Kier molecular flexibility index (Phi) is 5.24. The second kappa shape index (κ2) is 9.65. The van der Waals surface area contributed by atoms with Gasteiger partial charge in [0.25, 0.3) is 0 Å². The first-order chi connectivity index (χ1) is 27.1. The largest absolute Gasteiger partial charge is 0.307 e. The van der Waals surface area contributed by atoms with Gasteiger partial charge >= 0.3 is 0 Å². The summed E-state index contributed by atoms with van der Waals surface area (Å²) in [6.07, 6.45) is 0. The highest BCUT2D eigenvalue weighted by Crippen LogP contribution is 2.48. The molecule has 0 saturated carbocycles. The van der Waals surface area contributed by atoms with E-state index in [0.29, 0.717) is 32.6 Å². The van der Waals surface area contributed by atoms with Crippen molar-refractivity contribution in [3.8, 4) is 0 Å². The molecule has 0 bridgehead atoms. The number of aromatic nitrogens is 2. The molecule has 0 aliphatic carbocycles. The van der Waals surface area contributed by atoms with Crippen LogP contribution in [0.3, 0.4) is 0 Å². The Morgan fingerprint density at radius 2 is 0.554 bits per heavy atom. The van der Waals surface area contributed by atoms with E-state index in [9.17, 15) is 19.2 Å². The second-order valence-electron chi connectivity index (χ2n) is 16.6. The Morgan fingerprint density at radius 3 is 0.804 bits per heavy atom. The predicted molar refractivity (Wildman–Crippen MR) is 233 cm³/mol. The first-order valence-corrected chi connectivity index (χ1v) is 19.3. The number of hydrogen-bond acceptors (Lipinski definition) is 4. The lowest BCUT2D eigenvalue weighted by molar-refractivity contribution is 0.869. The van der Waals surface area contributed by atoms with Crippen LogP contribution in [0.4, 0.5) is 0 Å². The van der Waals surface area contributed by atoms with Crippen molar-refractivity contribution < 1.29 is 0 Å². The summed E-state index contributed by atoms with van der Waals surface area (Å²) >= 11 is 0. The quantitative estimate of drug-likeness (QED) is 0.131. The summed E-state index contributed by atoms with van der Waals surface area (Å²) < 4.78 is 4.24. The highest BCUT2D eigenvalue weighted by molar-refractivity contribution is 6.42. The van der Waals surface area contributed by atoms with Gasteiger partial charge in [-0.2, -0.15) is 0 Å². The van der Waals surface area contributed by atoms with Gasteiger partial charge in [0.2, 0.25) is 0 Å². The standard InChI is InChI=1S/C50H30N2O4/c1-21(2)23-13-33-41(53)17-37-29-9-5-25-27-7-11-31-39-19-43(55)35-15-24(22(3)4)16-36-44(56)20-40(52(39)50(35)36)32-12-8-28(46(27)48(31)32)26-6-10-30(47(29)45(25)26)38-18-42(54)34(14-23)49(33)51(37)38/h5-22H,1-4H3. The smallest absolute Gasteiger partial charge is 0.190 e. The van der Waals surface area contributed by atoms with Crippen molar-refractivity contribution in [2.75, 3.05) is 0 Å². The molecule has 56 heavy (non-hydrogen) atoms. The minimum Gasteiger partial charge on any atom is -0.307 e. The number of nitrogens with zero attached hydrogens (tertiary/aromatic N) is 2. The van der Waals surface area contributed by atoms with E-state index in [1.807, 2.05) is 24.3 Å². The molecular formula is C50H30N2O4. The Balaban J connectivity index is 1.22. The van der Waals surface area contributed by atoms with E-state index in [-0.39, 0.29) is 33.6 Å². The fourth-order valence-electron chi connectivity index (χ4n) is 10.6. The average Bonchev–Trinajstić information content (AvgIpc) is 3.19. The molecule has 0 radical (unpaired) electrons. The zero-order valence-corrected chi connectivity index (χ0v) is 30.9. The van der Waals surface area contributed by atoms with Crippen LogP contribution in [0.15, 0.2) is 116 Å². The van der Waals surface area contributed by atoms with Crippen molar-refractivity contribution in [1.29, 1.82) is 0 Å². The SMILES string of the molecule is CC(C)c1cc2c(=O)cc3c4ccc5c6ccc7c8c(ccc(c9ccc(c4c59)c4cc(=O)c(c1)c2n34)c68)c1cc(=O)c2cc(C(C)C)cc3c(=O)cc7n1c32. The van der Waals surface area contributed by atoms with Crippen molar-refractivity contribution in [2.45, 2.75) is 39.5 Å². The molecule has 0 aliphatic rings. The predicted octanol–water partition coefficient (Wildman–Crippen LogP) is 10.6. The lowest BCUT2D eigenvalue weighted by Crippen LogP contribution is -2.14. The van der Waals surface area contributed by atoms with Gasteiger partial charge in [0, 0.05) is 78.1 Å². The number of pyridine rings is 6. The molecule has 13 rings (SSSR count). The molecule has 0 N–H and O–H groups in total. The van der Waals surface area contributed by atoms with Crippen LogP contribution in [0.1, 0.15) is 50.7 Å². The summed E-state index contributed by atoms with van der Waals surface area (Å²) in [6.45, 7) is 8.31. The van der Waals surface area contributed by atoms with Crippen LogP contribution in [0.25, 0.3) is 119 Å². The highest BCUT2D eigenvalue weighted by atomic mass is 16.1. The number of benzene rings is 7. The minimum atomic E-state index is -0.0900. The summed E-state index contributed by atoms with van der Waals surface area (Å²) in [5, 5.41) is 14.6. The van der Waals surface area contributed by atoms with Crippen molar-refractivity contribution in [1.82, 2.24) is 8.80 Å². The molecular weight excluding hydrogens is 693 g/mol. The minimum absolute atomic E-state index is 0.0900. The monoisotopic (exact) mass is 722 g/mol. The molecule has 6 nitrogen and oxygen atoms in total. The fourth-order valence-corrected chi connectivity index (χ4v) is 10.6. The van der Waals surface area contributed by atoms with Gasteiger partial charge in [0.15, 0.2) is 21.7 Å². The van der Waals surface area contributed by atoms with Crippen LogP contribution in [0.2, 0.25) is 0 Å². The topological polar surface area (TPSA) is 77.1 Å².